The van der Waals surface area contributed by atoms with Crippen molar-refractivity contribution in [3.63, 3.8) is 0 Å². The molecule has 1 fully saturated rings. The zero-order chi connectivity index (χ0) is 11.1. The van der Waals surface area contributed by atoms with Crippen LogP contribution in [-0.4, -0.2) is 37.6 Å². The van der Waals surface area contributed by atoms with E-state index in [1.165, 1.54) is 52.0 Å². The van der Waals surface area contributed by atoms with Gasteiger partial charge in [0.1, 0.15) is 0 Å². The SMILES string of the molecule is CCCNCC1CCN(CCC(C)C)C1. The van der Waals surface area contributed by atoms with E-state index in [1.807, 2.05) is 0 Å². The standard InChI is InChI=1S/C13H28N2/c1-4-7-14-10-13-6-9-15(11-13)8-5-12(2)3/h12-14H,4-11H2,1-3H3. The van der Waals surface area contributed by atoms with Crippen molar-refractivity contribution in [3.8, 4) is 0 Å². The molecule has 0 spiro atoms. The maximum Gasteiger partial charge on any atom is 0.00223 e. The molecule has 1 atom stereocenters. The predicted octanol–water partition coefficient (Wildman–Crippen LogP) is 2.35. The maximum absolute atomic E-state index is 3.54. The fraction of sp³-hybridized carbons (Fsp3) is 1.00. The third-order valence-corrected chi connectivity index (χ3v) is 3.25. The lowest BCUT2D eigenvalue weighted by molar-refractivity contribution is 0.300. The van der Waals surface area contributed by atoms with Crippen LogP contribution in [0.2, 0.25) is 0 Å². The van der Waals surface area contributed by atoms with Crippen LogP contribution in [0.1, 0.15) is 40.0 Å². The molecular weight excluding hydrogens is 184 g/mol. The Kier molecular flexibility index (Phi) is 6.26. The largest absolute Gasteiger partial charge is 0.316 e. The highest BCUT2D eigenvalue weighted by Gasteiger charge is 2.21. The van der Waals surface area contributed by atoms with Crippen LogP contribution in [0.25, 0.3) is 0 Å². The lowest BCUT2D eigenvalue weighted by atomic mass is 10.1. The highest BCUT2D eigenvalue weighted by molar-refractivity contribution is 4.77. The number of rotatable bonds is 7. The van der Waals surface area contributed by atoms with Crippen LogP contribution in [-0.2, 0) is 0 Å². The third kappa shape index (κ3) is 5.53. The first kappa shape index (κ1) is 13.0. The monoisotopic (exact) mass is 212 g/mol. The number of nitrogens with one attached hydrogen (secondary N) is 1. The molecule has 0 saturated carbocycles. The Labute approximate surface area is 95.4 Å². The number of likely N-dealkylation sites (tertiary alicyclic amines) is 1. The summed E-state index contributed by atoms with van der Waals surface area (Å²) in [6.07, 6.45) is 4.01. The summed E-state index contributed by atoms with van der Waals surface area (Å²) >= 11 is 0. The van der Waals surface area contributed by atoms with Gasteiger partial charge in [-0.05, 0) is 57.3 Å². The Morgan fingerprint density at radius 2 is 2.20 bits per heavy atom. The highest BCUT2D eigenvalue weighted by atomic mass is 15.1. The highest BCUT2D eigenvalue weighted by Crippen LogP contribution is 2.16. The molecule has 1 N–H and O–H groups in total. The van der Waals surface area contributed by atoms with Crippen molar-refractivity contribution in [1.29, 1.82) is 0 Å². The second kappa shape index (κ2) is 7.24. The van der Waals surface area contributed by atoms with E-state index >= 15 is 0 Å². The summed E-state index contributed by atoms with van der Waals surface area (Å²) in [5, 5.41) is 3.54. The fourth-order valence-electron chi connectivity index (χ4n) is 2.21. The van der Waals surface area contributed by atoms with Gasteiger partial charge in [-0.1, -0.05) is 20.8 Å². The second-order valence-electron chi connectivity index (χ2n) is 5.34. The van der Waals surface area contributed by atoms with Crippen LogP contribution >= 0.6 is 0 Å². The fourth-order valence-corrected chi connectivity index (χ4v) is 2.21. The zero-order valence-electron chi connectivity index (χ0n) is 10.8. The normalized spacial score (nSPS) is 22.8. The van der Waals surface area contributed by atoms with Gasteiger partial charge in [0.15, 0.2) is 0 Å². The lowest BCUT2D eigenvalue weighted by Crippen LogP contribution is -2.27. The molecule has 1 aliphatic heterocycles. The molecule has 1 unspecified atom stereocenters. The topological polar surface area (TPSA) is 15.3 Å². The molecule has 0 amide bonds. The molecule has 90 valence electrons. The van der Waals surface area contributed by atoms with Gasteiger partial charge in [-0.2, -0.15) is 0 Å². The third-order valence-electron chi connectivity index (χ3n) is 3.25. The lowest BCUT2D eigenvalue weighted by Gasteiger charge is -2.17. The summed E-state index contributed by atoms with van der Waals surface area (Å²) in [7, 11) is 0. The van der Waals surface area contributed by atoms with Gasteiger partial charge in [0.25, 0.3) is 0 Å². The first-order valence-electron chi connectivity index (χ1n) is 6.65. The van der Waals surface area contributed by atoms with Crippen LogP contribution < -0.4 is 5.32 Å². The van der Waals surface area contributed by atoms with E-state index in [0.29, 0.717) is 0 Å². The summed E-state index contributed by atoms with van der Waals surface area (Å²) < 4.78 is 0. The second-order valence-corrected chi connectivity index (χ2v) is 5.34. The Morgan fingerprint density at radius 3 is 2.87 bits per heavy atom. The minimum atomic E-state index is 0.849. The maximum atomic E-state index is 3.54. The molecule has 0 aromatic heterocycles. The Morgan fingerprint density at radius 1 is 1.40 bits per heavy atom. The first-order valence-corrected chi connectivity index (χ1v) is 6.65. The van der Waals surface area contributed by atoms with E-state index < -0.39 is 0 Å². The average Bonchev–Trinajstić information content (AvgIpc) is 2.63. The van der Waals surface area contributed by atoms with Crippen LogP contribution in [0.4, 0.5) is 0 Å². The van der Waals surface area contributed by atoms with Gasteiger partial charge in [-0.3, -0.25) is 0 Å². The van der Waals surface area contributed by atoms with Gasteiger partial charge in [-0.15, -0.1) is 0 Å². The van der Waals surface area contributed by atoms with E-state index in [9.17, 15) is 0 Å². The number of hydrogen-bond acceptors (Lipinski definition) is 2. The first-order chi connectivity index (χ1) is 7.22. The van der Waals surface area contributed by atoms with Gasteiger partial charge in [-0.25, -0.2) is 0 Å². The molecule has 0 radical (unpaired) electrons. The molecule has 1 rings (SSSR count). The van der Waals surface area contributed by atoms with Crippen molar-refractivity contribution in [1.82, 2.24) is 10.2 Å². The molecule has 0 aromatic rings. The van der Waals surface area contributed by atoms with E-state index in [1.54, 1.807) is 0 Å². The molecule has 0 bridgehead atoms. The predicted molar refractivity (Wildman–Crippen MR) is 67.2 cm³/mol. The van der Waals surface area contributed by atoms with E-state index in [2.05, 4.69) is 31.0 Å². The van der Waals surface area contributed by atoms with Crippen molar-refractivity contribution in [2.24, 2.45) is 11.8 Å². The molecule has 2 nitrogen and oxygen atoms in total. The van der Waals surface area contributed by atoms with Crippen LogP contribution in [0.3, 0.4) is 0 Å². The molecule has 1 heterocycles. The van der Waals surface area contributed by atoms with Gasteiger partial charge in [0.2, 0.25) is 0 Å². The Bertz CT molecular complexity index is 157. The zero-order valence-corrected chi connectivity index (χ0v) is 10.8. The molecule has 1 saturated heterocycles. The van der Waals surface area contributed by atoms with Crippen molar-refractivity contribution >= 4 is 0 Å². The summed E-state index contributed by atoms with van der Waals surface area (Å²) in [5.41, 5.74) is 0. The molecule has 0 aliphatic carbocycles. The van der Waals surface area contributed by atoms with Crippen LogP contribution in [0.15, 0.2) is 0 Å². The van der Waals surface area contributed by atoms with Gasteiger partial charge in [0.05, 0.1) is 0 Å². The van der Waals surface area contributed by atoms with E-state index in [-0.39, 0.29) is 0 Å². The van der Waals surface area contributed by atoms with Crippen molar-refractivity contribution in [3.05, 3.63) is 0 Å². The van der Waals surface area contributed by atoms with Crippen molar-refractivity contribution in [2.45, 2.75) is 40.0 Å². The summed E-state index contributed by atoms with van der Waals surface area (Å²) in [6.45, 7) is 13.2. The summed E-state index contributed by atoms with van der Waals surface area (Å²) in [5.74, 6) is 1.76. The van der Waals surface area contributed by atoms with Crippen molar-refractivity contribution in [2.75, 3.05) is 32.7 Å². The Balaban J connectivity index is 2.04. The van der Waals surface area contributed by atoms with E-state index in [4.69, 9.17) is 0 Å². The van der Waals surface area contributed by atoms with Gasteiger partial charge >= 0.3 is 0 Å². The van der Waals surface area contributed by atoms with Gasteiger partial charge in [0, 0.05) is 6.54 Å². The smallest absolute Gasteiger partial charge is 0.00223 e. The summed E-state index contributed by atoms with van der Waals surface area (Å²) in [4.78, 5) is 2.64. The molecule has 1 aliphatic rings. The molecule has 15 heavy (non-hydrogen) atoms. The van der Waals surface area contributed by atoms with Gasteiger partial charge < -0.3 is 10.2 Å². The van der Waals surface area contributed by atoms with Crippen LogP contribution in [0.5, 0.6) is 0 Å². The number of nitrogens with zero attached hydrogens (tertiary/aromatic N) is 1. The van der Waals surface area contributed by atoms with E-state index in [0.717, 1.165) is 11.8 Å². The summed E-state index contributed by atoms with van der Waals surface area (Å²) in [6, 6.07) is 0. The quantitative estimate of drug-likeness (QED) is 0.652. The average molecular weight is 212 g/mol. The molecular formula is C13H28N2. The van der Waals surface area contributed by atoms with Crippen LogP contribution in [0, 0.1) is 11.8 Å². The Hall–Kier alpha value is -0.0800. The molecule has 2 heteroatoms. The van der Waals surface area contributed by atoms with Crippen molar-refractivity contribution < 1.29 is 0 Å². The molecule has 0 aromatic carbocycles. The number of hydrogen-bond donors (Lipinski definition) is 1. The minimum Gasteiger partial charge on any atom is -0.316 e. The minimum absolute atomic E-state index is 0.849.